The van der Waals surface area contributed by atoms with Crippen molar-refractivity contribution in [1.29, 1.82) is 0 Å². The third-order valence-corrected chi connectivity index (χ3v) is 9.22. The first-order valence-corrected chi connectivity index (χ1v) is 15.6. The van der Waals surface area contributed by atoms with Gasteiger partial charge in [-0.1, -0.05) is 25.0 Å². The average Bonchev–Trinajstić information content (AvgIpc) is 3.01. The van der Waals surface area contributed by atoms with Crippen LogP contribution in [0, 0.1) is 6.92 Å². The summed E-state index contributed by atoms with van der Waals surface area (Å²) in [4.78, 5) is 15.4. The molecule has 1 amide bonds. The molecule has 4 atom stereocenters. The molecule has 0 radical (unpaired) electrons. The summed E-state index contributed by atoms with van der Waals surface area (Å²) in [7, 11) is 1.80. The molecule has 3 fully saturated rings. The molecule has 3 aliphatic rings. The quantitative estimate of drug-likeness (QED) is 0.372. The Hall–Kier alpha value is -2.76. The van der Waals surface area contributed by atoms with Gasteiger partial charge in [-0.15, -0.1) is 18.3 Å². The van der Waals surface area contributed by atoms with Crippen LogP contribution < -0.4 is 10.1 Å². The van der Waals surface area contributed by atoms with E-state index in [4.69, 9.17) is 9.47 Å². The second-order valence-corrected chi connectivity index (χ2v) is 12.1. The van der Waals surface area contributed by atoms with Gasteiger partial charge in [0.25, 0.3) is 5.91 Å². The Labute approximate surface area is 251 Å². The number of likely N-dealkylation sites (tertiary alicyclic amines) is 1. The number of halogens is 3. The third kappa shape index (κ3) is 8.45. The second kappa shape index (κ2) is 14.3. The zero-order valence-electron chi connectivity index (χ0n) is 25.1. The minimum Gasteiger partial charge on any atom is -0.406 e. The van der Waals surface area contributed by atoms with Crippen LogP contribution in [0.3, 0.4) is 0 Å². The molecule has 1 aromatic carbocycles. The molecule has 11 heteroatoms. The molecule has 0 unspecified atom stereocenters. The molecule has 0 bridgehead atoms. The van der Waals surface area contributed by atoms with Gasteiger partial charge in [-0.05, 0) is 93.5 Å². The predicted octanol–water partition coefficient (Wildman–Crippen LogP) is 6.08. The molecule has 1 aromatic heterocycles. The van der Waals surface area contributed by atoms with Crippen LogP contribution in [0.5, 0.6) is 5.75 Å². The number of nitrogens with one attached hydrogen (secondary N) is 1. The highest BCUT2D eigenvalue weighted by Gasteiger charge is 2.32. The molecule has 5 rings (SSSR count). The minimum atomic E-state index is -4.71. The maximum absolute atomic E-state index is 13.5. The van der Waals surface area contributed by atoms with Crippen LogP contribution in [0.25, 0.3) is 0 Å². The van der Waals surface area contributed by atoms with Gasteiger partial charge in [-0.3, -0.25) is 4.79 Å². The number of rotatable bonds is 9. The summed E-state index contributed by atoms with van der Waals surface area (Å²) in [6.45, 7) is 3.31. The summed E-state index contributed by atoms with van der Waals surface area (Å²) in [5.74, 6) is -0.306. The molecular weight excluding hydrogens is 561 g/mol. The number of alkyl halides is 3. The van der Waals surface area contributed by atoms with Gasteiger partial charge < -0.3 is 24.4 Å². The van der Waals surface area contributed by atoms with Crippen molar-refractivity contribution in [3.63, 3.8) is 0 Å². The molecule has 43 heavy (non-hydrogen) atoms. The van der Waals surface area contributed by atoms with Crippen molar-refractivity contribution in [2.45, 2.75) is 114 Å². The Morgan fingerprint density at radius 1 is 1.05 bits per heavy atom. The highest BCUT2D eigenvalue weighted by molar-refractivity contribution is 5.93. The van der Waals surface area contributed by atoms with E-state index < -0.39 is 6.36 Å². The summed E-state index contributed by atoms with van der Waals surface area (Å²) in [5, 5.41) is 12.2. The van der Waals surface area contributed by atoms with Gasteiger partial charge in [0.05, 0.1) is 24.5 Å². The van der Waals surface area contributed by atoms with Crippen LogP contribution in [0.1, 0.15) is 97.5 Å². The maximum atomic E-state index is 13.5. The standard InChI is InChI=1S/C32H43F3N4O4/c1-21-23(12-13-25-6-5-9-28(42-25)22-10-14-26(15-11-22)43-32(33,34)35)20-36-38-30(21)31(40)39-18-16-24(17-19-39)37-27-7-3-4-8-29(27)41-2/h10-11,14-15,20,24-25,27-29,37H,3-9,12-13,16-19H2,1-2H3/t25-,27+,28+,29-/m1/s1. The summed E-state index contributed by atoms with van der Waals surface area (Å²) in [6.07, 6.45) is 7.76. The summed E-state index contributed by atoms with van der Waals surface area (Å²) < 4.78 is 53.5. The smallest absolute Gasteiger partial charge is 0.406 e. The summed E-state index contributed by atoms with van der Waals surface area (Å²) in [5.41, 5.74) is 3.10. The molecule has 1 N–H and O–H groups in total. The van der Waals surface area contributed by atoms with Crippen LogP contribution in [0.4, 0.5) is 13.2 Å². The van der Waals surface area contributed by atoms with E-state index >= 15 is 0 Å². The van der Waals surface area contributed by atoms with Gasteiger partial charge >= 0.3 is 6.36 Å². The molecule has 8 nitrogen and oxygen atoms in total. The Kier molecular flexibility index (Phi) is 10.6. The number of aromatic nitrogens is 2. The fourth-order valence-electron chi connectivity index (χ4n) is 6.76. The number of hydrogen-bond acceptors (Lipinski definition) is 7. The van der Waals surface area contributed by atoms with Gasteiger partial charge in [0.1, 0.15) is 5.75 Å². The predicted molar refractivity (Wildman–Crippen MR) is 155 cm³/mol. The monoisotopic (exact) mass is 604 g/mol. The van der Waals surface area contributed by atoms with E-state index in [0.29, 0.717) is 37.3 Å². The lowest BCUT2D eigenvalue weighted by atomic mass is 9.90. The number of piperidine rings is 1. The van der Waals surface area contributed by atoms with Crippen molar-refractivity contribution in [2.24, 2.45) is 0 Å². The van der Waals surface area contributed by atoms with Crippen molar-refractivity contribution < 1.29 is 32.2 Å². The van der Waals surface area contributed by atoms with E-state index in [0.717, 1.165) is 68.1 Å². The fourth-order valence-corrected chi connectivity index (χ4v) is 6.76. The van der Waals surface area contributed by atoms with E-state index in [9.17, 15) is 18.0 Å². The topological polar surface area (TPSA) is 85.8 Å². The number of carbonyl (C=O) groups excluding carboxylic acids is 1. The first kappa shape index (κ1) is 31.7. The third-order valence-electron chi connectivity index (χ3n) is 9.22. The maximum Gasteiger partial charge on any atom is 0.573 e. The van der Waals surface area contributed by atoms with Crippen LogP contribution >= 0.6 is 0 Å². The first-order chi connectivity index (χ1) is 20.7. The molecular formula is C32H43F3N4O4. The molecule has 236 valence electrons. The number of aryl methyl sites for hydroxylation is 1. The largest absolute Gasteiger partial charge is 0.573 e. The lowest BCUT2D eigenvalue weighted by molar-refractivity contribution is -0.274. The zero-order chi connectivity index (χ0) is 30.4. The van der Waals surface area contributed by atoms with Crippen LogP contribution in [-0.4, -0.2) is 71.9 Å². The van der Waals surface area contributed by atoms with Crippen molar-refractivity contribution in [1.82, 2.24) is 20.4 Å². The van der Waals surface area contributed by atoms with Gasteiger partial charge in [0, 0.05) is 32.3 Å². The summed E-state index contributed by atoms with van der Waals surface area (Å²) in [6, 6.07) is 6.69. The fraction of sp³-hybridized carbons (Fsp3) is 0.656. The van der Waals surface area contributed by atoms with Crippen molar-refractivity contribution >= 4 is 5.91 Å². The van der Waals surface area contributed by atoms with Crippen molar-refractivity contribution in [3.05, 3.63) is 52.8 Å². The van der Waals surface area contributed by atoms with Crippen LogP contribution in [0.15, 0.2) is 30.5 Å². The minimum absolute atomic E-state index is 0.00460. The Balaban J connectivity index is 1.12. The highest BCUT2D eigenvalue weighted by Crippen LogP contribution is 2.34. The Bertz CT molecular complexity index is 1200. The lowest BCUT2D eigenvalue weighted by Crippen LogP contribution is -2.52. The van der Waals surface area contributed by atoms with E-state index in [-0.39, 0.29) is 30.0 Å². The molecule has 2 aliphatic heterocycles. The van der Waals surface area contributed by atoms with Crippen molar-refractivity contribution in [3.8, 4) is 5.75 Å². The van der Waals surface area contributed by atoms with Crippen molar-refractivity contribution in [2.75, 3.05) is 20.2 Å². The second-order valence-electron chi connectivity index (χ2n) is 12.1. The SMILES string of the molecule is CO[C@@H]1CCCC[C@@H]1NC1CCN(C(=O)c2nncc(CC[C@H]3CCC[C@@H](c4ccc(OC(F)(F)F)cc4)O3)c2C)CC1. The Morgan fingerprint density at radius 2 is 1.79 bits per heavy atom. The van der Waals surface area contributed by atoms with Crippen LogP contribution in [-0.2, 0) is 15.9 Å². The van der Waals surface area contributed by atoms with E-state index in [2.05, 4.69) is 20.3 Å². The molecule has 0 spiro atoms. The van der Waals surface area contributed by atoms with E-state index in [1.54, 1.807) is 25.4 Å². The number of benzene rings is 1. The first-order valence-electron chi connectivity index (χ1n) is 15.6. The van der Waals surface area contributed by atoms with Crippen LogP contribution in [0.2, 0.25) is 0 Å². The number of methoxy groups -OCH3 is 1. The Morgan fingerprint density at radius 3 is 2.51 bits per heavy atom. The van der Waals surface area contributed by atoms with Gasteiger partial charge in [-0.2, -0.15) is 5.10 Å². The zero-order valence-corrected chi connectivity index (χ0v) is 25.1. The van der Waals surface area contributed by atoms with Gasteiger partial charge in [0.15, 0.2) is 5.69 Å². The average molecular weight is 605 g/mol. The molecule has 3 heterocycles. The number of carbonyl (C=O) groups is 1. The van der Waals surface area contributed by atoms with E-state index in [1.165, 1.54) is 25.0 Å². The highest BCUT2D eigenvalue weighted by atomic mass is 19.4. The number of nitrogens with zero attached hydrogens (tertiary/aromatic N) is 3. The number of hydrogen-bond donors (Lipinski definition) is 1. The molecule has 2 aromatic rings. The number of amides is 1. The molecule has 1 saturated carbocycles. The van der Waals surface area contributed by atoms with Gasteiger partial charge in [-0.25, -0.2) is 0 Å². The molecule has 1 aliphatic carbocycles. The lowest BCUT2D eigenvalue weighted by Gasteiger charge is -2.38. The summed E-state index contributed by atoms with van der Waals surface area (Å²) >= 11 is 0. The number of ether oxygens (including phenoxy) is 3. The molecule has 2 saturated heterocycles. The normalized spacial score (nSPS) is 25.5. The van der Waals surface area contributed by atoms with Gasteiger partial charge in [0.2, 0.25) is 0 Å². The van der Waals surface area contributed by atoms with E-state index in [1.807, 2.05) is 11.8 Å².